The van der Waals surface area contributed by atoms with Crippen molar-refractivity contribution in [3.63, 3.8) is 0 Å². The molecule has 0 aromatic rings. The van der Waals surface area contributed by atoms with E-state index in [1.165, 1.54) is 0 Å². The highest BCUT2D eigenvalue weighted by Gasteiger charge is 2.43. The van der Waals surface area contributed by atoms with Crippen LogP contribution in [0.4, 0.5) is 4.79 Å². The Morgan fingerprint density at radius 3 is 1.95 bits per heavy atom. The zero-order valence-corrected chi connectivity index (χ0v) is 12.5. The van der Waals surface area contributed by atoms with Crippen LogP contribution >= 0.6 is 12.4 Å². The summed E-state index contributed by atoms with van der Waals surface area (Å²) in [5.74, 6) is 0.969. The van der Waals surface area contributed by atoms with E-state index in [1.807, 2.05) is 25.7 Å². The maximum Gasteiger partial charge on any atom is 0.410 e. The van der Waals surface area contributed by atoms with Gasteiger partial charge in [-0.15, -0.1) is 12.4 Å². The maximum absolute atomic E-state index is 11.9. The number of ether oxygens (including phenoxy) is 1. The number of fused-ring (bicyclic) bond motifs is 1. The molecule has 2 aliphatic rings. The van der Waals surface area contributed by atoms with Gasteiger partial charge in [-0.3, -0.25) is 5.41 Å². The topological polar surface area (TPSA) is 82.7 Å². The van der Waals surface area contributed by atoms with Gasteiger partial charge in [-0.25, -0.2) is 4.79 Å². The number of amides is 1. The number of nitrogens with one attached hydrogen (secondary N) is 1. The Hall–Kier alpha value is -1.17. The average molecular weight is 291 g/mol. The van der Waals surface area contributed by atoms with Crippen LogP contribution in [0.3, 0.4) is 0 Å². The second-order valence-electron chi connectivity index (χ2n) is 6.20. The molecule has 0 aromatic heterocycles. The first kappa shape index (κ1) is 15.9. The first-order valence-electron chi connectivity index (χ1n) is 6.33. The Morgan fingerprint density at radius 1 is 1.16 bits per heavy atom. The van der Waals surface area contributed by atoms with Crippen molar-refractivity contribution in [3.8, 4) is 0 Å². The van der Waals surface area contributed by atoms with Crippen molar-refractivity contribution in [1.29, 1.82) is 5.41 Å². The first-order chi connectivity index (χ1) is 8.26. The van der Waals surface area contributed by atoms with Crippen molar-refractivity contribution in [2.45, 2.75) is 26.4 Å². The van der Waals surface area contributed by atoms with Crippen LogP contribution in [0.15, 0.2) is 0 Å². The van der Waals surface area contributed by atoms with Crippen LogP contribution in [0.5, 0.6) is 0 Å². The molecule has 6 nitrogen and oxygen atoms in total. The van der Waals surface area contributed by atoms with Crippen LogP contribution in [0.2, 0.25) is 0 Å². The maximum atomic E-state index is 11.9. The molecule has 0 saturated carbocycles. The summed E-state index contributed by atoms with van der Waals surface area (Å²) in [7, 11) is 0. The predicted molar refractivity (Wildman–Crippen MR) is 75.5 cm³/mol. The van der Waals surface area contributed by atoms with Gasteiger partial charge in [-0.1, -0.05) is 0 Å². The van der Waals surface area contributed by atoms with Crippen molar-refractivity contribution >= 4 is 24.5 Å². The van der Waals surface area contributed by atoms with Gasteiger partial charge >= 0.3 is 6.09 Å². The number of hydrogen-bond donors (Lipinski definition) is 2. The zero-order chi connectivity index (χ0) is 13.5. The van der Waals surface area contributed by atoms with Gasteiger partial charge < -0.3 is 20.3 Å². The van der Waals surface area contributed by atoms with Crippen LogP contribution in [-0.4, -0.2) is 53.6 Å². The number of likely N-dealkylation sites (tertiary alicyclic amines) is 2. The summed E-state index contributed by atoms with van der Waals surface area (Å²) in [6, 6.07) is 0. The fourth-order valence-corrected chi connectivity index (χ4v) is 2.67. The third kappa shape index (κ3) is 3.65. The van der Waals surface area contributed by atoms with Crippen LogP contribution in [-0.2, 0) is 4.74 Å². The third-order valence-corrected chi connectivity index (χ3v) is 3.48. The monoisotopic (exact) mass is 290 g/mol. The van der Waals surface area contributed by atoms with Gasteiger partial charge in [0.15, 0.2) is 5.96 Å². The fourth-order valence-electron chi connectivity index (χ4n) is 2.67. The number of hydrogen-bond acceptors (Lipinski definition) is 3. The fraction of sp³-hybridized carbons (Fsp3) is 0.833. The predicted octanol–water partition coefficient (Wildman–Crippen LogP) is 1.10. The van der Waals surface area contributed by atoms with Crippen LogP contribution in [0.25, 0.3) is 0 Å². The lowest BCUT2D eigenvalue weighted by atomic mass is 10.0. The molecular weight excluding hydrogens is 268 g/mol. The van der Waals surface area contributed by atoms with Crippen molar-refractivity contribution in [3.05, 3.63) is 0 Å². The second kappa shape index (κ2) is 5.45. The quantitative estimate of drug-likeness (QED) is 0.517. The first-order valence-corrected chi connectivity index (χ1v) is 6.33. The molecule has 110 valence electrons. The molecule has 2 heterocycles. The summed E-state index contributed by atoms with van der Waals surface area (Å²) in [5, 5.41) is 7.42. The minimum atomic E-state index is -0.444. The van der Waals surface area contributed by atoms with Gasteiger partial charge in [0.05, 0.1) is 0 Å². The summed E-state index contributed by atoms with van der Waals surface area (Å²) in [6.07, 6.45) is -0.230. The number of carbonyl (C=O) groups excluding carboxylic acids is 1. The molecule has 0 radical (unpaired) electrons. The van der Waals surface area contributed by atoms with E-state index in [-0.39, 0.29) is 24.5 Å². The highest BCUT2D eigenvalue weighted by molar-refractivity contribution is 5.85. The zero-order valence-electron chi connectivity index (χ0n) is 11.7. The molecular formula is C12H23ClN4O2. The van der Waals surface area contributed by atoms with Crippen LogP contribution in [0, 0.1) is 17.2 Å². The molecule has 1 amide bonds. The summed E-state index contributed by atoms with van der Waals surface area (Å²) in [5.41, 5.74) is 5.04. The smallest absolute Gasteiger partial charge is 0.410 e. The number of nitrogens with two attached hydrogens (primary N) is 1. The third-order valence-electron chi connectivity index (χ3n) is 3.48. The molecule has 2 rings (SSSR count). The minimum Gasteiger partial charge on any atom is -0.444 e. The largest absolute Gasteiger partial charge is 0.444 e. The summed E-state index contributed by atoms with van der Waals surface area (Å²) in [4.78, 5) is 15.6. The number of guanidine groups is 1. The van der Waals surface area contributed by atoms with Crippen LogP contribution in [0.1, 0.15) is 20.8 Å². The van der Waals surface area contributed by atoms with E-state index in [1.54, 1.807) is 4.90 Å². The standard InChI is InChI=1S/C12H22N4O2.ClH/c1-12(2,3)18-11(17)16-6-8-4-15(10(13)14)5-9(8)7-16;/h8-9H,4-7H2,1-3H3,(H3,13,14);1H. The highest BCUT2D eigenvalue weighted by Crippen LogP contribution is 2.31. The Labute approximate surface area is 120 Å². The van der Waals surface area contributed by atoms with E-state index in [2.05, 4.69) is 0 Å². The van der Waals surface area contributed by atoms with Crippen molar-refractivity contribution in [2.75, 3.05) is 26.2 Å². The summed E-state index contributed by atoms with van der Waals surface area (Å²) >= 11 is 0. The Kier molecular flexibility index (Phi) is 4.55. The number of halogens is 1. The highest BCUT2D eigenvalue weighted by atomic mass is 35.5. The van der Waals surface area contributed by atoms with Crippen molar-refractivity contribution < 1.29 is 9.53 Å². The molecule has 2 saturated heterocycles. The van der Waals surface area contributed by atoms with E-state index in [4.69, 9.17) is 15.9 Å². The molecule has 0 aromatic carbocycles. The molecule has 0 spiro atoms. The lowest BCUT2D eigenvalue weighted by molar-refractivity contribution is 0.0278. The lowest BCUT2D eigenvalue weighted by Crippen LogP contribution is -2.40. The molecule has 19 heavy (non-hydrogen) atoms. The van der Waals surface area contributed by atoms with Crippen LogP contribution < -0.4 is 5.73 Å². The van der Waals surface area contributed by atoms with E-state index >= 15 is 0 Å². The number of rotatable bonds is 0. The minimum absolute atomic E-state index is 0. The van der Waals surface area contributed by atoms with Gasteiger partial charge in [0.1, 0.15) is 5.60 Å². The normalized spacial score (nSPS) is 25.8. The molecule has 2 aliphatic heterocycles. The van der Waals surface area contributed by atoms with E-state index < -0.39 is 5.60 Å². The molecule has 2 unspecified atom stereocenters. The lowest BCUT2D eigenvalue weighted by Gasteiger charge is -2.26. The Morgan fingerprint density at radius 2 is 1.58 bits per heavy atom. The molecule has 2 atom stereocenters. The van der Waals surface area contributed by atoms with Gasteiger partial charge in [0.2, 0.25) is 0 Å². The second-order valence-corrected chi connectivity index (χ2v) is 6.20. The Bertz CT molecular complexity index is 355. The SMILES string of the molecule is CC(C)(C)OC(=O)N1CC2CN(C(=N)N)CC2C1.Cl. The molecule has 0 bridgehead atoms. The van der Waals surface area contributed by atoms with Gasteiger partial charge in [0.25, 0.3) is 0 Å². The summed E-state index contributed by atoms with van der Waals surface area (Å²) < 4.78 is 5.37. The van der Waals surface area contributed by atoms with Gasteiger partial charge in [-0.2, -0.15) is 0 Å². The van der Waals surface area contributed by atoms with E-state index in [9.17, 15) is 4.79 Å². The van der Waals surface area contributed by atoms with E-state index in [0.717, 1.165) is 13.1 Å². The average Bonchev–Trinajstić information content (AvgIpc) is 2.69. The number of carbonyl (C=O) groups is 1. The molecule has 7 heteroatoms. The Balaban J connectivity index is 0.00000180. The van der Waals surface area contributed by atoms with Gasteiger partial charge in [-0.05, 0) is 20.8 Å². The van der Waals surface area contributed by atoms with Crippen molar-refractivity contribution in [2.24, 2.45) is 17.6 Å². The molecule has 3 N–H and O–H groups in total. The summed E-state index contributed by atoms with van der Waals surface area (Å²) in [6.45, 7) is 8.60. The molecule has 2 fully saturated rings. The molecule has 0 aliphatic carbocycles. The van der Waals surface area contributed by atoms with Gasteiger partial charge in [0, 0.05) is 38.0 Å². The van der Waals surface area contributed by atoms with E-state index in [0.29, 0.717) is 24.9 Å². The number of nitrogens with zero attached hydrogens (tertiary/aromatic N) is 2. The van der Waals surface area contributed by atoms with Crippen molar-refractivity contribution in [1.82, 2.24) is 9.80 Å².